The van der Waals surface area contributed by atoms with Gasteiger partial charge in [0.2, 0.25) is 10.0 Å². The van der Waals surface area contributed by atoms with Gasteiger partial charge in [0.05, 0.1) is 22.1 Å². The lowest BCUT2D eigenvalue weighted by Crippen LogP contribution is -2.34. The molecule has 0 fully saturated rings. The van der Waals surface area contributed by atoms with E-state index in [4.69, 9.17) is 16.7 Å². The smallest absolute Gasteiger partial charge is 0.282 e. The van der Waals surface area contributed by atoms with Gasteiger partial charge in [0.15, 0.2) is 5.01 Å². The summed E-state index contributed by atoms with van der Waals surface area (Å²) in [5.41, 5.74) is 2.07. The number of nitrogens with zero attached hydrogens (tertiary/aromatic N) is 2. The average molecular weight is 480 g/mol. The number of halogens is 1. The zero-order valence-corrected chi connectivity index (χ0v) is 19.2. The molecule has 164 valence electrons. The summed E-state index contributed by atoms with van der Waals surface area (Å²) in [6.45, 7) is 2.55. The predicted octanol–water partition coefficient (Wildman–Crippen LogP) is 3.62. The van der Waals surface area contributed by atoms with Crippen molar-refractivity contribution < 1.29 is 18.3 Å². The van der Waals surface area contributed by atoms with Gasteiger partial charge in [-0.1, -0.05) is 42.8 Å². The van der Waals surface area contributed by atoms with Gasteiger partial charge in [-0.25, -0.2) is 18.5 Å². The van der Waals surface area contributed by atoms with Crippen LogP contribution in [0, 0.1) is 0 Å². The number of carbonyl (C=O) groups excluding carboxylic acids is 1. The molecular formula is C21H22ClN3O4S2. The van der Waals surface area contributed by atoms with Crippen LogP contribution in [0.15, 0.2) is 53.4 Å². The summed E-state index contributed by atoms with van der Waals surface area (Å²) in [6, 6.07) is 13.2. The Balaban J connectivity index is 2.10. The number of sulfonamides is 1. The number of carbonyl (C=O) groups is 1. The molecule has 0 unspecified atom stereocenters. The van der Waals surface area contributed by atoms with Crippen molar-refractivity contribution in [2.24, 2.45) is 5.14 Å². The molecule has 0 saturated heterocycles. The fraction of sp³-hybridized carbons (Fsp3) is 0.238. The van der Waals surface area contributed by atoms with Crippen molar-refractivity contribution in [3.05, 3.63) is 58.6 Å². The molecule has 3 rings (SSSR count). The second kappa shape index (κ2) is 9.88. The Morgan fingerprint density at radius 2 is 1.71 bits per heavy atom. The number of aromatic nitrogens is 1. The van der Waals surface area contributed by atoms with Crippen molar-refractivity contribution in [1.29, 1.82) is 0 Å². The van der Waals surface area contributed by atoms with E-state index in [9.17, 15) is 18.3 Å². The summed E-state index contributed by atoms with van der Waals surface area (Å²) in [5.74, 6) is -0.261. The van der Waals surface area contributed by atoms with Crippen molar-refractivity contribution in [2.45, 2.75) is 18.2 Å². The Morgan fingerprint density at radius 1 is 1.10 bits per heavy atom. The summed E-state index contributed by atoms with van der Waals surface area (Å²) in [6.07, 6.45) is 0.753. The third kappa shape index (κ3) is 5.50. The van der Waals surface area contributed by atoms with E-state index in [0.29, 0.717) is 27.7 Å². The van der Waals surface area contributed by atoms with Gasteiger partial charge in [0, 0.05) is 23.7 Å². The minimum Gasteiger partial charge on any atom is -0.395 e. The Bertz CT molecular complexity index is 1150. The second-order valence-electron chi connectivity index (χ2n) is 6.79. The van der Waals surface area contributed by atoms with E-state index in [1.807, 2.05) is 19.1 Å². The van der Waals surface area contributed by atoms with Crippen LogP contribution in [0.3, 0.4) is 0 Å². The monoisotopic (exact) mass is 479 g/mol. The lowest BCUT2D eigenvalue weighted by Gasteiger charge is -2.19. The highest BCUT2D eigenvalue weighted by atomic mass is 35.5. The van der Waals surface area contributed by atoms with Crippen LogP contribution in [0.25, 0.3) is 21.7 Å². The third-order valence-corrected chi connectivity index (χ3v) is 6.80. The van der Waals surface area contributed by atoms with Crippen LogP contribution in [0.2, 0.25) is 5.02 Å². The molecular weight excluding hydrogens is 458 g/mol. The molecule has 0 saturated carbocycles. The van der Waals surface area contributed by atoms with Crippen molar-refractivity contribution >= 4 is 38.9 Å². The first kappa shape index (κ1) is 23.4. The van der Waals surface area contributed by atoms with Gasteiger partial charge in [0.25, 0.3) is 5.91 Å². The largest absolute Gasteiger partial charge is 0.395 e. The lowest BCUT2D eigenvalue weighted by atomic mass is 10.1. The van der Waals surface area contributed by atoms with Gasteiger partial charge in [0.1, 0.15) is 0 Å². The molecule has 0 aliphatic heterocycles. The van der Waals surface area contributed by atoms with Crippen molar-refractivity contribution in [2.75, 3.05) is 19.7 Å². The molecule has 2 aromatic carbocycles. The van der Waals surface area contributed by atoms with E-state index in [0.717, 1.165) is 12.0 Å². The van der Waals surface area contributed by atoms with Crippen LogP contribution >= 0.6 is 22.9 Å². The zero-order chi connectivity index (χ0) is 22.6. The fourth-order valence-corrected chi connectivity index (χ4v) is 4.75. The van der Waals surface area contributed by atoms with Crippen LogP contribution in [-0.4, -0.2) is 49.0 Å². The van der Waals surface area contributed by atoms with Gasteiger partial charge in [-0.15, -0.1) is 11.3 Å². The average Bonchev–Trinajstić information content (AvgIpc) is 3.18. The van der Waals surface area contributed by atoms with Gasteiger partial charge < -0.3 is 10.0 Å². The van der Waals surface area contributed by atoms with Crippen LogP contribution < -0.4 is 5.14 Å². The fourth-order valence-electron chi connectivity index (χ4n) is 3.05. The highest BCUT2D eigenvalue weighted by Crippen LogP contribution is 2.38. The van der Waals surface area contributed by atoms with E-state index >= 15 is 0 Å². The van der Waals surface area contributed by atoms with Gasteiger partial charge >= 0.3 is 0 Å². The molecule has 10 heteroatoms. The normalized spacial score (nSPS) is 11.5. The molecule has 1 amide bonds. The van der Waals surface area contributed by atoms with Gasteiger partial charge in [-0.3, -0.25) is 4.79 Å². The molecule has 7 nitrogen and oxygen atoms in total. The van der Waals surface area contributed by atoms with Crippen molar-refractivity contribution in [1.82, 2.24) is 9.88 Å². The molecule has 3 aromatic rings. The molecule has 1 aromatic heterocycles. The minimum atomic E-state index is -3.81. The number of hydrogen-bond donors (Lipinski definition) is 2. The number of nitrogens with two attached hydrogens (primary N) is 1. The molecule has 31 heavy (non-hydrogen) atoms. The Morgan fingerprint density at radius 3 is 2.26 bits per heavy atom. The maximum atomic E-state index is 13.0. The SMILES string of the molecule is CCCN(CCO)C(=O)c1nc(-c2ccc(Cl)cc2)c(-c2ccc(S(N)(=O)=O)cc2)s1. The van der Waals surface area contributed by atoms with E-state index in [1.54, 1.807) is 29.2 Å². The number of rotatable bonds is 8. The summed E-state index contributed by atoms with van der Waals surface area (Å²) in [5, 5.41) is 15.4. The van der Waals surface area contributed by atoms with Crippen molar-refractivity contribution in [3.63, 3.8) is 0 Å². The first-order valence-corrected chi connectivity index (χ1v) is 12.3. The number of amides is 1. The van der Waals surface area contributed by atoms with E-state index in [2.05, 4.69) is 4.98 Å². The molecule has 0 atom stereocenters. The van der Waals surface area contributed by atoms with Crippen LogP contribution in [-0.2, 0) is 10.0 Å². The Kier molecular flexibility index (Phi) is 7.45. The summed E-state index contributed by atoms with van der Waals surface area (Å²) in [4.78, 5) is 19.9. The van der Waals surface area contributed by atoms with E-state index in [-0.39, 0.29) is 29.0 Å². The summed E-state index contributed by atoms with van der Waals surface area (Å²) in [7, 11) is -3.81. The third-order valence-electron chi connectivity index (χ3n) is 4.52. The standard InChI is InChI=1S/C21H22ClN3O4S2/c1-2-11-25(12-13-26)21(27)20-24-18(14-3-7-16(22)8-4-14)19(30-20)15-5-9-17(10-6-15)31(23,28)29/h3-10,26H,2,11-13H2,1H3,(H2,23,28,29). The lowest BCUT2D eigenvalue weighted by molar-refractivity contribution is 0.0721. The number of thiazole rings is 1. The molecule has 0 bridgehead atoms. The van der Waals surface area contributed by atoms with Crippen LogP contribution in [0.5, 0.6) is 0 Å². The number of aliphatic hydroxyl groups excluding tert-OH is 1. The number of primary sulfonamides is 1. The highest BCUT2D eigenvalue weighted by molar-refractivity contribution is 7.89. The Labute approximate surface area is 190 Å². The molecule has 1 heterocycles. The molecule has 0 aliphatic rings. The number of aliphatic hydroxyl groups is 1. The van der Waals surface area contributed by atoms with Crippen LogP contribution in [0.1, 0.15) is 23.1 Å². The topological polar surface area (TPSA) is 114 Å². The summed E-state index contributed by atoms with van der Waals surface area (Å²) >= 11 is 7.23. The van der Waals surface area contributed by atoms with Gasteiger partial charge in [-0.05, 0) is 36.2 Å². The van der Waals surface area contributed by atoms with E-state index < -0.39 is 10.0 Å². The zero-order valence-electron chi connectivity index (χ0n) is 16.8. The van der Waals surface area contributed by atoms with Crippen molar-refractivity contribution in [3.8, 4) is 21.7 Å². The predicted molar refractivity (Wildman–Crippen MR) is 123 cm³/mol. The van der Waals surface area contributed by atoms with Crippen LogP contribution in [0.4, 0.5) is 0 Å². The molecule has 0 radical (unpaired) electrons. The van der Waals surface area contributed by atoms with Gasteiger partial charge in [-0.2, -0.15) is 0 Å². The first-order chi connectivity index (χ1) is 14.7. The number of hydrogen-bond acceptors (Lipinski definition) is 6. The highest BCUT2D eigenvalue weighted by Gasteiger charge is 2.23. The number of benzene rings is 2. The minimum absolute atomic E-state index is 0.00201. The molecule has 0 spiro atoms. The molecule has 0 aliphatic carbocycles. The van der Waals surface area contributed by atoms with E-state index in [1.165, 1.54) is 23.5 Å². The second-order valence-corrected chi connectivity index (χ2v) is 9.79. The summed E-state index contributed by atoms with van der Waals surface area (Å²) < 4.78 is 23.2. The first-order valence-electron chi connectivity index (χ1n) is 9.54. The Hall–Kier alpha value is -2.30. The maximum absolute atomic E-state index is 13.0. The quantitative estimate of drug-likeness (QED) is 0.512. The maximum Gasteiger partial charge on any atom is 0.282 e. The molecule has 3 N–H and O–H groups in total.